The van der Waals surface area contributed by atoms with Gasteiger partial charge in [0.2, 0.25) is 0 Å². The first-order valence-electron chi connectivity index (χ1n) is 6.61. The molecule has 1 aliphatic rings. The second kappa shape index (κ2) is 6.34. The second-order valence-electron chi connectivity index (χ2n) is 5.14. The summed E-state index contributed by atoms with van der Waals surface area (Å²) in [6, 6.07) is 0.410. The standard InChI is InChI=1S/C13H21ClN4/c1-10(2)18(9-11-3-5-15-6-4-11)13-8-16-7-12(14)17-13/h7-8,10-11,15H,3-6,9H2,1-2H3. The summed E-state index contributed by atoms with van der Waals surface area (Å²) in [6.45, 7) is 7.65. The SMILES string of the molecule is CC(C)N(CC1CCNCC1)c1cncc(Cl)n1. The van der Waals surface area contributed by atoms with Crippen molar-refractivity contribution in [2.45, 2.75) is 32.7 Å². The summed E-state index contributed by atoms with van der Waals surface area (Å²) in [5.41, 5.74) is 0. The minimum Gasteiger partial charge on any atom is -0.353 e. The zero-order valence-electron chi connectivity index (χ0n) is 11.1. The van der Waals surface area contributed by atoms with Crippen LogP contribution in [0.4, 0.5) is 5.82 Å². The number of halogens is 1. The lowest BCUT2D eigenvalue weighted by Crippen LogP contribution is -2.40. The third kappa shape index (κ3) is 3.56. The number of aromatic nitrogens is 2. The molecule has 18 heavy (non-hydrogen) atoms. The van der Waals surface area contributed by atoms with Gasteiger partial charge >= 0.3 is 0 Å². The lowest BCUT2D eigenvalue weighted by molar-refractivity contribution is 0.367. The van der Waals surface area contributed by atoms with E-state index < -0.39 is 0 Å². The molecule has 0 aliphatic carbocycles. The molecule has 0 atom stereocenters. The summed E-state index contributed by atoms with van der Waals surface area (Å²) in [5.74, 6) is 1.62. The Labute approximate surface area is 114 Å². The van der Waals surface area contributed by atoms with Gasteiger partial charge in [0.1, 0.15) is 11.0 Å². The predicted molar refractivity (Wildman–Crippen MR) is 75.1 cm³/mol. The topological polar surface area (TPSA) is 41.0 Å². The second-order valence-corrected chi connectivity index (χ2v) is 5.53. The summed E-state index contributed by atoms with van der Waals surface area (Å²) in [4.78, 5) is 10.8. The maximum atomic E-state index is 5.93. The third-order valence-corrected chi connectivity index (χ3v) is 3.61. The molecule has 0 amide bonds. The van der Waals surface area contributed by atoms with Crippen LogP contribution < -0.4 is 10.2 Å². The van der Waals surface area contributed by atoms with Crippen molar-refractivity contribution in [1.29, 1.82) is 0 Å². The summed E-state index contributed by atoms with van der Waals surface area (Å²) in [7, 11) is 0. The van der Waals surface area contributed by atoms with Gasteiger partial charge in [-0.2, -0.15) is 0 Å². The molecule has 1 aromatic heterocycles. The van der Waals surface area contributed by atoms with Crippen LogP contribution in [0.2, 0.25) is 5.15 Å². The first-order valence-corrected chi connectivity index (χ1v) is 6.99. The molecular formula is C13H21ClN4. The number of nitrogens with one attached hydrogen (secondary N) is 1. The molecule has 4 nitrogen and oxygen atoms in total. The van der Waals surface area contributed by atoms with E-state index in [4.69, 9.17) is 11.6 Å². The van der Waals surface area contributed by atoms with E-state index in [9.17, 15) is 0 Å². The molecule has 0 radical (unpaired) electrons. The molecule has 0 spiro atoms. The van der Waals surface area contributed by atoms with E-state index in [-0.39, 0.29) is 0 Å². The van der Waals surface area contributed by atoms with Gasteiger partial charge in [-0.1, -0.05) is 11.6 Å². The Morgan fingerprint density at radius 3 is 2.72 bits per heavy atom. The number of rotatable bonds is 4. The zero-order valence-corrected chi connectivity index (χ0v) is 11.8. The Hall–Kier alpha value is -0.870. The minimum absolute atomic E-state index is 0.410. The fourth-order valence-corrected chi connectivity index (χ4v) is 2.53. The molecule has 1 N–H and O–H groups in total. The van der Waals surface area contributed by atoms with E-state index >= 15 is 0 Å². The van der Waals surface area contributed by atoms with Crippen LogP contribution in [0.15, 0.2) is 12.4 Å². The summed E-state index contributed by atoms with van der Waals surface area (Å²) in [6.07, 6.45) is 5.84. The molecule has 1 saturated heterocycles. The van der Waals surface area contributed by atoms with E-state index in [1.165, 1.54) is 12.8 Å². The van der Waals surface area contributed by atoms with Gasteiger partial charge in [0, 0.05) is 12.6 Å². The van der Waals surface area contributed by atoms with Gasteiger partial charge in [-0.15, -0.1) is 0 Å². The number of nitrogens with zero attached hydrogens (tertiary/aromatic N) is 3. The highest BCUT2D eigenvalue weighted by molar-refractivity contribution is 6.29. The quantitative estimate of drug-likeness (QED) is 0.910. The fourth-order valence-electron chi connectivity index (χ4n) is 2.38. The van der Waals surface area contributed by atoms with Crippen LogP contribution >= 0.6 is 11.6 Å². The summed E-state index contributed by atoms with van der Waals surface area (Å²) in [5, 5.41) is 3.86. The largest absolute Gasteiger partial charge is 0.353 e. The molecule has 0 bridgehead atoms. The molecule has 1 fully saturated rings. The van der Waals surface area contributed by atoms with Crippen LogP contribution in [0, 0.1) is 5.92 Å². The number of anilines is 1. The average Bonchev–Trinajstić information content (AvgIpc) is 2.37. The van der Waals surface area contributed by atoms with Crippen molar-refractivity contribution in [3.8, 4) is 0 Å². The normalized spacial score (nSPS) is 17.1. The third-order valence-electron chi connectivity index (χ3n) is 3.42. The molecular weight excluding hydrogens is 248 g/mol. The Bertz CT molecular complexity index is 377. The molecule has 100 valence electrons. The Kier molecular flexibility index (Phi) is 4.78. The van der Waals surface area contributed by atoms with Crippen molar-refractivity contribution in [3.63, 3.8) is 0 Å². The molecule has 1 aromatic rings. The lowest BCUT2D eigenvalue weighted by atomic mass is 9.97. The fraction of sp³-hybridized carbons (Fsp3) is 0.692. The van der Waals surface area contributed by atoms with Crippen molar-refractivity contribution >= 4 is 17.4 Å². The minimum atomic E-state index is 0.410. The predicted octanol–water partition coefficient (Wildman–Crippen LogP) is 2.34. The Morgan fingerprint density at radius 2 is 2.11 bits per heavy atom. The molecule has 2 rings (SSSR count). The average molecular weight is 269 g/mol. The first-order chi connectivity index (χ1) is 8.66. The Balaban J connectivity index is 2.07. The number of hydrogen-bond donors (Lipinski definition) is 1. The van der Waals surface area contributed by atoms with Crippen LogP contribution in [0.1, 0.15) is 26.7 Å². The monoisotopic (exact) mass is 268 g/mol. The van der Waals surface area contributed by atoms with Gasteiger partial charge in [-0.05, 0) is 45.7 Å². The van der Waals surface area contributed by atoms with Crippen molar-refractivity contribution in [2.24, 2.45) is 5.92 Å². The van der Waals surface area contributed by atoms with Gasteiger partial charge in [-0.25, -0.2) is 4.98 Å². The number of hydrogen-bond acceptors (Lipinski definition) is 4. The van der Waals surface area contributed by atoms with Crippen LogP contribution in [-0.4, -0.2) is 35.6 Å². The van der Waals surface area contributed by atoms with Gasteiger partial charge in [-0.3, -0.25) is 4.98 Å². The van der Waals surface area contributed by atoms with E-state index in [1.54, 1.807) is 12.4 Å². The lowest BCUT2D eigenvalue weighted by Gasteiger charge is -2.33. The van der Waals surface area contributed by atoms with Gasteiger partial charge < -0.3 is 10.2 Å². The smallest absolute Gasteiger partial charge is 0.149 e. The Morgan fingerprint density at radius 1 is 1.39 bits per heavy atom. The van der Waals surface area contributed by atoms with Crippen molar-refractivity contribution in [3.05, 3.63) is 17.5 Å². The van der Waals surface area contributed by atoms with Crippen LogP contribution in [0.3, 0.4) is 0 Å². The maximum absolute atomic E-state index is 5.93. The molecule has 0 unspecified atom stereocenters. The molecule has 1 aliphatic heterocycles. The highest BCUT2D eigenvalue weighted by Gasteiger charge is 2.20. The van der Waals surface area contributed by atoms with Crippen molar-refractivity contribution in [2.75, 3.05) is 24.5 Å². The van der Waals surface area contributed by atoms with Gasteiger partial charge in [0.15, 0.2) is 0 Å². The van der Waals surface area contributed by atoms with Crippen molar-refractivity contribution < 1.29 is 0 Å². The van der Waals surface area contributed by atoms with Crippen LogP contribution in [-0.2, 0) is 0 Å². The molecule has 5 heteroatoms. The van der Waals surface area contributed by atoms with Crippen LogP contribution in [0.25, 0.3) is 0 Å². The van der Waals surface area contributed by atoms with Crippen LogP contribution in [0.5, 0.6) is 0 Å². The molecule has 2 heterocycles. The van der Waals surface area contributed by atoms with Gasteiger partial charge in [0.25, 0.3) is 0 Å². The highest BCUT2D eigenvalue weighted by atomic mass is 35.5. The summed E-state index contributed by atoms with van der Waals surface area (Å²) >= 11 is 5.93. The number of piperidine rings is 1. The van der Waals surface area contributed by atoms with E-state index in [0.29, 0.717) is 11.2 Å². The van der Waals surface area contributed by atoms with E-state index in [0.717, 1.165) is 31.4 Å². The summed E-state index contributed by atoms with van der Waals surface area (Å²) < 4.78 is 0. The maximum Gasteiger partial charge on any atom is 0.149 e. The molecule has 0 saturated carbocycles. The van der Waals surface area contributed by atoms with Gasteiger partial charge in [0.05, 0.1) is 12.4 Å². The zero-order chi connectivity index (χ0) is 13.0. The molecule has 0 aromatic carbocycles. The first kappa shape index (κ1) is 13.6. The van der Waals surface area contributed by atoms with E-state index in [2.05, 4.69) is 34.0 Å². The highest BCUT2D eigenvalue weighted by Crippen LogP contribution is 2.20. The van der Waals surface area contributed by atoms with Crippen molar-refractivity contribution in [1.82, 2.24) is 15.3 Å². The van der Waals surface area contributed by atoms with E-state index in [1.807, 2.05) is 0 Å².